The van der Waals surface area contributed by atoms with E-state index >= 15 is 0 Å². The smallest absolute Gasteiger partial charge is 0.321 e. The zero-order chi connectivity index (χ0) is 17.8. The number of rotatable bonds is 3. The van der Waals surface area contributed by atoms with Gasteiger partial charge in [0.15, 0.2) is 5.13 Å². The number of likely N-dealkylation sites (tertiary alicyclic amines) is 1. The van der Waals surface area contributed by atoms with Crippen LogP contribution in [0.25, 0.3) is 0 Å². The van der Waals surface area contributed by atoms with E-state index in [4.69, 9.17) is 0 Å². The number of piperidine rings is 1. The van der Waals surface area contributed by atoms with E-state index in [0.29, 0.717) is 18.2 Å². The molecule has 1 aromatic carbocycles. The third-order valence-corrected chi connectivity index (χ3v) is 5.07. The molecule has 7 heteroatoms. The highest BCUT2D eigenvalue weighted by Gasteiger charge is 2.29. The van der Waals surface area contributed by atoms with E-state index in [2.05, 4.69) is 15.6 Å². The molecule has 2 aromatic rings. The van der Waals surface area contributed by atoms with Crippen molar-refractivity contribution in [1.29, 1.82) is 0 Å². The number of carbonyl (C=O) groups is 2. The molecule has 0 spiro atoms. The van der Waals surface area contributed by atoms with E-state index in [0.717, 1.165) is 29.8 Å². The zero-order valence-corrected chi connectivity index (χ0v) is 15.2. The number of urea groups is 1. The Hall–Kier alpha value is -2.41. The quantitative estimate of drug-likeness (QED) is 0.880. The topological polar surface area (TPSA) is 74.3 Å². The van der Waals surface area contributed by atoms with Gasteiger partial charge in [-0.2, -0.15) is 0 Å². The molecule has 6 nitrogen and oxygen atoms in total. The number of nitrogens with zero attached hydrogens (tertiary/aromatic N) is 2. The van der Waals surface area contributed by atoms with Crippen molar-refractivity contribution in [2.45, 2.75) is 26.7 Å². The second kappa shape index (κ2) is 7.65. The molecule has 1 aliphatic heterocycles. The molecule has 1 saturated heterocycles. The second-order valence-corrected chi connectivity index (χ2v) is 7.23. The number of carbonyl (C=O) groups excluding carboxylic acids is 2. The van der Waals surface area contributed by atoms with Crippen molar-refractivity contribution in [3.05, 3.63) is 40.9 Å². The summed E-state index contributed by atoms with van der Waals surface area (Å²) in [6.45, 7) is 4.97. The number of nitrogens with one attached hydrogen (secondary N) is 2. The molecule has 1 unspecified atom stereocenters. The van der Waals surface area contributed by atoms with Crippen LogP contribution < -0.4 is 10.6 Å². The van der Waals surface area contributed by atoms with Gasteiger partial charge < -0.3 is 15.5 Å². The Morgan fingerprint density at radius 3 is 2.84 bits per heavy atom. The summed E-state index contributed by atoms with van der Waals surface area (Å²) in [5.74, 6) is -0.274. The molecule has 2 heterocycles. The number of hydrogen-bond donors (Lipinski definition) is 2. The summed E-state index contributed by atoms with van der Waals surface area (Å²) in [4.78, 5) is 30.9. The third kappa shape index (κ3) is 4.57. The van der Waals surface area contributed by atoms with Crippen LogP contribution in [0, 0.1) is 19.8 Å². The van der Waals surface area contributed by atoms with Gasteiger partial charge in [-0.1, -0.05) is 12.1 Å². The minimum absolute atomic E-state index is 0.0672. The first-order valence-electron chi connectivity index (χ1n) is 8.37. The Labute approximate surface area is 151 Å². The Balaban J connectivity index is 1.58. The summed E-state index contributed by atoms with van der Waals surface area (Å²) in [5, 5.41) is 8.28. The van der Waals surface area contributed by atoms with Crippen LogP contribution in [0.3, 0.4) is 0 Å². The summed E-state index contributed by atoms with van der Waals surface area (Å²) >= 11 is 1.42. The standard InChI is InChI=1S/C18H22N4O2S/c1-12-5-3-7-15(9-12)20-18(24)22-8-4-6-14(10-22)16(23)21-17-19-13(2)11-25-17/h3,5,7,9,11,14H,4,6,8,10H2,1-2H3,(H,20,24)(H,19,21,23). The predicted octanol–water partition coefficient (Wildman–Crippen LogP) is 3.64. The molecule has 3 amide bonds. The highest BCUT2D eigenvalue weighted by atomic mass is 32.1. The summed E-state index contributed by atoms with van der Waals surface area (Å²) in [5.41, 5.74) is 2.75. The molecule has 25 heavy (non-hydrogen) atoms. The summed E-state index contributed by atoms with van der Waals surface area (Å²) in [7, 11) is 0. The lowest BCUT2D eigenvalue weighted by Gasteiger charge is -2.31. The average molecular weight is 358 g/mol. The summed E-state index contributed by atoms with van der Waals surface area (Å²) < 4.78 is 0. The van der Waals surface area contributed by atoms with Crippen molar-refractivity contribution in [2.24, 2.45) is 5.92 Å². The van der Waals surface area contributed by atoms with E-state index in [-0.39, 0.29) is 17.9 Å². The first kappa shape index (κ1) is 17.4. The van der Waals surface area contributed by atoms with Crippen molar-refractivity contribution >= 4 is 34.1 Å². The molecule has 132 valence electrons. The first-order valence-corrected chi connectivity index (χ1v) is 9.25. The SMILES string of the molecule is Cc1cccc(NC(=O)N2CCCC(C(=O)Nc3nc(C)cs3)C2)c1. The monoisotopic (exact) mass is 358 g/mol. The zero-order valence-electron chi connectivity index (χ0n) is 14.4. The first-order chi connectivity index (χ1) is 12.0. The van der Waals surface area contributed by atoms with Gasteiger partial charge in [-0.05, 0) is 44.4 Å². The molecule has 0 bridgehead atoms. The Kier molecular flexibility index (Phi) is 5.33. The van der Waals surface area contributed by atoms with Gasteiger partial charge in [0, 0.05) is 24.2 Å². The predicted molar refractivity (Wildman–Crippen MR) is 100.0 cm³/mol. The lowest BCUT2D eigenvalue weighted by Crippen LogP contribution is -2.45. The fourth-order valence-electron chi connectivity index (χ4n) is 2.92. The molecule has 3 rings (SSSR count). The molecule has 1 atom stereocenters. The van der Waals surface area contributed by atoms with Gasteiger partial charge in [-0.3, -0.25) is 4.79 Å². The highest BCUT2D eigenvalue weighted by Crippen LogP contribution is 2.21. The van der Waals surface area contributed by atoms with Crippen molar-refractivity contribution in [1.82, 2.24) is 9.88 Å². The van der Waals surface area contributed by atoms with Crippen molar-refractivity contribution in [2.75, 3.05) is 23.7 Å². The summed E-state index contributed by atoms with van der Waals surface area (Å²) in [6, 6.07) is 7.53. The maximum Gasteiger partial charge on any atom is 0.321 e. The van der Waals surface area contributed by atoms with Gasteiger partial charge >= 0.3 is 6.03 Å². The van der Waals surface area contributed by atoms with Crippen molar-refractivity contribution in [3.8, 4) is 0 Å². The maximum atomic E-state index is 12.5. The third-order valence-electron chi connectivity index (χ3n) is 4.20. The van der Waals surface area contributed by atoms with Gasteiger partial charge in [0.1, 0.15) is 0 Å². The molecular formula is C18H22N4O2S. The largest absolute Gasteiger partial charge is 0.324 e. The minimum Gasteiger partial charge on any atom is -0.324 e. The number of hydrogen-bond acceptors (Lipinski definition) is 4. The van der Waals surface area contributed by atoms with Crippen LogP contribution in [0.15, 0.2) is 29.6 Å². The van der Waals surface area contributed by atoms with Crippen LogP contribution >= 0.6 is 11.3 Å². The van der Waals surface area contributed by atoms with Crippen LogP contribution in [0.5, 0.6) is 0 Å². The molecule has 1 fully saturated rings. The molecule has 0 aliphatic carbocycles. The molecular weight excluding hydrogens is 336 g/mol. The van der Waals surface area contributed by atoms with Crippen molar-refractivity contribution in [3.63, 3.8) is 0 Å². The van der Waals surface area contributed by atoms with Crippen LogP contribution in [-0.2, 0) is 4.79 Å². The minimum atomic E-state index is -0.207. The van der Waals surface area contributed by atoms with E-state index in [9.17, 15) is 9.59 Å². The van der Waals surface area contributed by atoms with Gasteiger partial charge in [-0.25, -0.2) is 9.78 Å². The second-order valence-electron chi connectivity index (χ2n) is 6.37. The number of thiazole rings is 1. The Morgan fingerprint density at radius 2 is 2.12 bits per heavy atom. The van der Waals surface area contributed by atoms with E-state index in [1.54, 1.807) is 4.90 Å². The summed E-state index contributed by atoms with van der Waals surface area (Å²) in [6.07, 6.45) is 1.60. The van der Waals surface area contributed by atoms with Gasteiger partial charge in [0.05, 0.1) is 11.6 Å². The van der Waals surface area contributed by atoms with Gasteiger partial charge in [0.25, 0.3) is 0 Å². The molecule has 0 saturated carbocycles. The van der Waals surface area contributed by atoms with E-state index < -0.39 is 0 Å². The number of aromatic nitrogens is 1. The normalized spacial score (nSPS) is 17.2. The lowest BCUT2D eigenvalue weighted by atomic mass is 9.97. The number of anilines is 2. The fourth-order valence-corrected chi connectivity index (χ4v) is 3.61. The number of aryl methyl sites for hydroxylation is 2. The van der Waals surface area contributed by atoms with Crippen molar-refractivity contribution < 1.29 is 9.59 Å². The van der Waals surface area contributed by atoms with Crippen LogP contribution in [0.2, 0.25) is 0 Å². The molecule has 1 aromatic heterocycles. The molecule has 1 aliphatic rings. The van der Waals surface area contributed by atoms with Gasteiger partial charge in [-0.15, -0.1) is 11.3 Å². The Morgan fingerprint density at radius 1 is 1.28 bits per heavy atom. The Bertz CT molecular complexity index is 774. The van der Waals surface area contributed by atoms with Gasteiger partial charge in [0.2, 0.25) is 5.91 Å². The van der Waals surface area contributed by atoms with Crippen LogP contribution in [0.4, 0.5) is 15.6 Å². The number of benzene rings is 1. The fraction of sp³-hybridized carbons (Fsp3) is 0.389. The highest BCUT2D eigenvalue weighted by molar-refractivity contribution is 7.13. The lowest BCUT2D eigenvalue weighted by molar-refractivity contribution is -0.121. The molecule has 0 radical (unpaired) electrons. The maximum absolute atomic E-state index is 12.5. The van der Waals surface area contributed by atoms with E-state index in [1.807, 2.05) is 43.5 Å². The number of amides is 3. The molecule has 2 N–H and O–H groups in total. The average Bonchev–Trinajstić information content (AvgIpc) is 3.00. The van der Waals surface area contributed by atoms with Crippen LogP contribution in [-0.4, -0.2) is 34.9 Å². The van der Waals surface area contributed by atoms with E-state index in [1.165, 1.54) is 11.3 Å². The van der Waals surface area contributed by atoms with Crippen LogP contribution in [0.1, 0.15) is 24.1 Å².